The molecular weight excluding hydrogens is 966 g/mol. The highest BCUT2D eigenvalue weighted by atomic mass is 16.8. The number of aliphatic hydroxyl groups excluding tert-OH is 19. The molecule has 0 unspecified atom stereocenters. The van der Waals surface area contributed by atoms with E-state index in [1.165, 1.54) is 0 Å². The largest absolute Gasteiger partial charge is 0.394 e. The van der Waals surface area contributed by atoms with Gasteiger partial charge in [0.25, 0.3) is 0 Å². The van der Waals surface area contributed by atoms with Crippen LogP contribution in [0.15, 0.2) is 0 Å². The number of carbonyl (C=O) groups is 1. The molecule has 0 bridgehead atoms. The van der Waals surface area contributed by atoms with Crippen molar-refractivity contribution >= 4 is 5.91 Å². The molecule has 32 heteroatoms. The summed E-state index contributed by atoms with van der Waals surface area (Å²) in [4.78, 5) is 11.9. The third kappa shape index (κ3) is 12.2. The second-order valence-corrected chi connectivity index (χ2v) is 17.6. The van der Waals surface area contributed by atoms with Crippen LogP contribution in [0.1, 0.15) is 6.92 Å². The van der Waals surface area contributed by atoms with E-state index in [4.69, 9.17) is 52.1 Å². The summed E-state index contributed by atoms with van der Waals surface area (Å²) in [7, 11) is 0. The molecule has 6 heterocycles. The van der Waals surface area contributed by atoms with Gasteiger partial charge in [-0.25, -0.2) is 0 Å². The van der Waals surface area contributed by atoms with Crippen molar-refractivity contribution in [3.05, 3.63) is 0 Å². The normalized spacial score (nSPS) is 51.5. The molecule has 0 aliphatic carbocycles. The minimum absolute atomic E-state index is 0.752. The summed E-state index contributed by atoms with van der Waals surface area (Å²) in [6, 6.07) is -1.60. The van der Waals surface area contributed by atoms with Crippen molar-refractivity contribution in [2.75, 3.05) is 39.6 Å². The SMILES string of the molecule is CC(=O)N[C@@H]1[C@@H](O)[C@H](O[C@@H]2O[C@H](CO[C@H]3O[C@H](CO[C@H]4O[C@H](CO)[C@@H](O)[C@H](O)[C@@H]4O)[C@@H](O)[C@H](O[C@H]4O[C@H](CO)[C@@H](O)[C@H](O)[C@@H]4O)[C@@H]3O)[C@@H](O)[C@H](O[C@H]3O[C@H](CO)[C@@H](O)[C@H](O)[C@@H]3O)[C@@H]2O)[C@@H](CO)O[C@H]1O. The highest BCUT2D eigenvalue weighted by Gasteiger charge is 2.56. The summed E-state index contributed by atoms with van der Waals surface area (Å²) in [5.74, 6) is -0.752. The summed E-state index contributed by atoms with van der Waals surface area (Å²) < 4.78 is 61.8. The maximum Gasteiger partial charge on any atom is 0.217 e. The molecule has 6 aliphatic heterocycles. The molecule has 6 rings (SSSR count). The standard InChI is InChI=1S/C38H65NO31/c1-8(44)39-15-21(50)30(12(5-43)62-33(15)59)68-38-29(58)32(70-37-27(56)24(53)18(47)11(4-42)65-37)20(49)14(67-38)7-61-35-28(57)31(69-36-26(55)23(52)17(46)10(3-41)64-36)19(48)13(66-35)6-60-34-25(54)22(51)16(45)9(2-40)63-34/h9-38,40-43,45-59H,2-7H2,1H3,(H,39,44)/t9-,10-,11-,12-,13-,14-,15-,16-,17-,18-,19-,20-,21-,22+,23+,24+,25+,26+,27+,28+,29+,30-,31+,32+,33-,34+,35+,36-,37-,38+/m1/s1. The maximum absolute atomic E-state index is 11.9. The van der Waals surface area contributed by atoms with Crippen LogP contribution in [0, 0.1) is 0 Å². The van der Waals surface area contributed by atoms with Crippen LogP contribution >= 0.6 is 0 Å². The topological polar surface area (TPSA) is 515 Å². The van der Waals surface area contributed by atoms with Crippen LogP contribution < -0.4 is 5.32 Å². The number of aliphatic hydroxyl groups is 19. The van der Waals surface area contributed by atoms with E-state index >= 15 is 0 Å². The van der Waals surface area contributed by atoms with Crippen molar-refractivity contribution in [1.82, 2.24) is 5.32 Å². The van der Waals surface area contributed by atoms with Gasteiger partial charge in [-0.05, 0) is 0 Å². The summed E-state index contributed by atoms with van der Waals surface area (Å²) in [5, 5.41) is 204. The number of carbonyl (C=O) groups excluding carboxylic acids is 1. The molecule has 1 amide bonds. The van der Waals surface area contributed by atoms with Gasteiger partial charge < -0.3 is 154 Å². The van der Waals surface area contributed by atoms with Crippen molar-refractivity contribution in [1.29, 1.82) is 0 Å². The lowest BCUT2D eigenvalue weighted by Gasteiger charge is -2.49. The molecule has 6 fully saturated rings. The molecule has 0 aromatic rings. The zero-order chi connectivity index (χ0) is 51.6. The average molecular weight is 1030 g/mol. The van der Waals surface area contributed by atoms with Gasteiger partial charge in [0, 0.05) is 6.92 Å². The van der Waals surface area contributed by atoms with E-state index in [-0.39, 0.29) is 0 Å². The van der Waals surface area contributed by atoms with Crippen molar-refractivity contribution in [2.45, 2.75) is 191 Å². The summed E-state index contributed by atoms with van der Waals surface area (Å²) in [6.45, 7) is -4.46. The molecular formula is C38H65NO31. The fourth-order valence-electron chi connectivity index (χ4n) is 8.70. The number of nitrogens with one attached hydrogen (secondary N) is 1. The molecule has 20 N–H and O–H groups in total. The molecule has 30 atom stereocenters. The van der Waals surface area contributed by atoms with Crippen LogP contribution in [0.2, 0.25) is 0 Å². The molecule has 0 saturated carbocycles. The summed E-state index contributed by atoms with van der Waals surface area (Å²) in [6.07, 6.45) is -55.8. The average Bonchev–Trinajstić information content (AvgIpc) is 3.33. The number of amides is 1. The highest BCUT2D eigenvalue weighted by Crippen LogP contribution is 2.35. The Hall–Kier alpha value is -1.73. The maximum atomic E-state index is 11.9. The van der Waals surface area contributed by atoms with Crippen LogP contribution in [0.25, 0.3) is 0 Å². The van der Waals surface area contributed by atoms with Gasteiger partial charge in [-0.15, -0.1) is 0 Å². The van der Waals surface area contributed by atoms with Crippen LogP contribution in [0.5, 0.6) is 0 Å². The highest BCUT2D eigenvalue weighted by molar-refractivity contribution is 5.73. The number of hydrogen-bond donors (Lipinski definition) is 20. The predicted octanol–water partition coefficient (Wildman–Crippen LogP) is -14.0. The Morgan fingerprint density at radius 3 is 1.11 bits per heavy atom. The zero-order valence-corrected chi connectivity index (χ0v) is 37.0. The predicted molar refractivity (Wildman–Crippen MR) is 211 cm³/mol. The van der Waals surface area contributed by atoms with Crippen molar-refractivity contribution in [3.63, 3.8) is 0 Å². The Morgan fingerprint density at radius 1 is 0.371 bits per heavy atom. The van der Waals surface area contributed by atoms with Crippen molar-refractivity contribution in [2.24, 2.45) is 0 Å². The van der Waals surface area contributed by atoms with Gasteiger partial charge in [-0.1, -0.05) is 0 Å². The van der Waals surface area contributed by atoms with Gasteiger partial charge in [-0.3, -0.25) is 4.79 Å². The van der Waals surface area contributed by atoms with E-state index in [1.807, 2.05) is 0 Å². The molecule has 0 aromatic carbocycles. The molecule has 408 valence electrons. The van der Waals surface area contributed by atoms with Gasteiger partial charge in [0.2, 0.25) is 5.91 Å². The van der Waals surface area contributed by atoms with Crippen LogP contribution in [0.3, 0.4) is 0 Å². The van der Waals surface area contributed by atoms with E-state index in [0.717, 1.165) is 6.92 Å². The summed E-state index contributed by atoms with van der Waals surface area (Å²) in [5.41, 5.74) is 0. The lowest BCUT2D eigenvalue weighted by atomic mass is 9.95. The second kappa shape index (κ2) is 24.7. The lowest BCUT2D eigenvalue weighted by Crippen LogP contribution is -2.68. The fourth-order valence-corrected chi connectivity index (χ4v) is 8.70. The van der Waals surface area contributed by atoms with Gasteiger partial charge in [-0.2, -0.15) is 0 Å². The number of hydrogen-bond acceptors (Lipinski definition) is 31. The van der Waals surface area contributed by atoms with E-state index in [2.05, 4.69) is 5.32 Å². The molecule has 70 heavy (non-hydrogen) atoms. The Balaban J connectivity index is 1.27. The van der Waals surface area contributed by atoms with E-state index < -0.39 is 230 Å². The minimum Gasteiger partial charge on any atom is -0.394 e. The Labute approximate surface area is 395 Å². The first kappa shape index (κ1) is 57.5. The fraction of sp³-hybridized carbons (Fsp3) is 0.974. The van der Waals surface area contributed by atoms with E-state index in [1.54, 1.807) is 0 Å². The molecule has 32 nitrogen and oxygen atoms in total. The first-order valence-electron chi connectivity index (χ1n) is 22.1. The molecule has 6 saturated heterocycles. The van der Waals surface area contributed by atoms with Gasteiger partial charge in [0.05, 0.1) is 39.6 Å². The Kier molecular flexibility index (Phi) is 20.3. The van der Waals surface area contributed by atoms with E-state index in [0.29, 0.717) is 0 Å². The van der Waals surface area contributed by atoms with Gasteiger partial charge >= 0.3 is 0 Å². The minimum atomic E-state index is -2.22. The van der Waals surface area contributed by atoms with Crippen LogP contribution in [0.4, 0.5) is 0 Å². The Bertz CT molecular complexity index is 1620. The second-order valence-electron chi connectivity index (χ2n) is 17.6. The monoisotopic (exact) mass is 1030 g/mol. The Morgan fingerprint density at radius 2 is 0.700 bits per heavy atom. The summed E-state index contributed by atoms with van der Waals surface area (Å²) >= 11 is 0. The van der Waals surface area contributed by atoms with Crippen LogP contribution in [-0.4, -0.2) is 327 Å². The van der Waals surface area contributed by atoms with Crippen LogP contribution in [-0.2, 0) is 56.9 Å². The zero-order valence-electron chi connectivity index (χ0n) is 37.0. The first-order valence-corrected chi connectivity index (χ1v) is 22.1. The quantitative estimate of drug-likeness (QED) is 0.0643. The third-order valence-electron chi connectivity index (χ3n) is 12.8. The third-order valence-corrected chi connectivity index (χ3v) is 12.8. The van der Waals surface area contributed by atoms with Gasteiger partial charge in [0.1, 0.15) is 146 Å². The van der Waals surface area contributed by atoms with Crippen molar-refractivity contribution in [3.8, 4) is 0 Å². The number of rotatable bonds is 17. The molecule has 0 radical (unpaired) electrons. The van der Waals surface area contributed by atoms with Crippen molar-refractivity contribution < 1.29 is 154 Å². The lowest BCUT2D eigenvalue weighted by molar-refractivity contribution is -0.384. The first-order chi connectivity index (χ1) is 33.1. The molecule has 0 spiro atoms. The van der Waals surface area contributed by atoms with Gasteiger partial charge in [0.15, 0.2) is 37.7 Å². The molecule has 0 aromatic heterocycles. The van der Waals surface area contributed by atoms with E-state index in [9.17, 15) is 102 Å². The number of ether oxygens (including phenoxy) is 11. The molecule has 6 aliphatic rings. The smallest absolute Gasteiger partial charge is 0.217 e.